The molecule has 0 saturated carbocycles. The molecule has 0 aliphatic rings. The van der Waals surface area contributed by atoms with Crippen molar-refractivity contribution in [2.24, 2.45) is 5.92 Å². The maximum absolute atomic E-state index is 11.1. The molecule has 0 aliphatic heterocycles. The second kappa shape index (κ2) is 10.2. The first-order valence-electron chi connectivity index (χ1n) is 5.16. The second-order valence-corrected chi connectivity index (χ2v) is 5.36. The zero-order valence-corrected chi connectivity index (χ0v) is 14.3. The van der Waals surface area contributed by atoms with Crippen molar-refractivity contribution in [1.82, 2.24) is 0 Å². The Bertz CT molecular complexity index is 282. The molecule has 0 radical (unpaired) electrons. The topological polar surface area (TPSA) is 94.1 Å². The number of phosphoric acid groups is 1. The Kier molecular flexibility index (Phi) is 11.7. The van der Waals surface area contributed by atoms with Gasteiger partial charge in [0.15, 0.2) is 0 Å². The van der Waals surface area contributed by atoms with E-state index in [-0.39, 0.29) is 48.2 Å². The van der Waals surface area contributed by atoms with Gasteiger partial charge in [-0.1, -0.05) is 13.8 Å². The molecular weight excluding hydrogens is 274 g/mol. The smallest absolute Gasteiger partial charge is 0.756 e. The van der Waals surface area contributed by atoms with Crippen LogP contribution in [0.2, 0.25) is 0 Å². The average Bonchev–Trinajstić information content (AvgIpc) is 2.13. The van der Waals surface area contributed by atoms with Crippen molar-refractivity contribution in [3.05, 3.63) is 0 Å². The van der Waals surface area contributed by atoms with Crippen molar-refractivity contribution in [1.29, 1.82) is 0 Å². The molecule has 0 saturated heterocycles. The van der Waals surface area contributed by atoms with E-state index in [9.17, 15) is 14.3 Å². The Morgan fingerprint density at radius 3 is 2.22 bits per heavy atom. The van der Waals surface area contributed by atoms with Crippen molar-refractivity contribution in [2.45, 2.75) is 33.8 Å². The molecule has 0 spiro atoms. The minimum atomic E-state index is -4.42. The van der Waals surface area contributed by atoms with Gasteiger partial charge in [0.05, 0.1) is 12.7 Å². The van der Waals surface area contributed by atoms with E-state index >= 15 is 0 Å². The largest absolute Gasteiger partial charge is 1.00 e. The number of carbonyl (C=O) groups is 1. The SMILES string of the molecule is CC(C)COP(=O)([O-])OCOC(=O)OC(C)C.[Na+]. The molecule has 0 aromatic carbocycles. The molecule has 0 amide bonds. The van der Waals surface area contributed by atoms with Crippen LogP contribution in [0.4, 0.5) is 4.79 Å². The third-order valence-corrected chi connectivity index (χ3v) is 2.17. The summed E-state index contributed by atoms with van der Waals surface area (Å²) in [4.78, 5) is 21.9. The van der Waals surface area contributed by atoms with Gasteiger partial charge >= 0.3 is 35.7 Å². The number of rotatable bonds is 7. The molecule has 0 aromatic heterocycles. The fraction of sp³-hybridized carbons (Fsp3) is 0.889. The van der Waals surface area contributed by atoms with Gasteiger partial charge in [-0.15, -0.1) is 0 Å². The van der Waals surface area contributed by atoms with Crippen molar-refractivity contribution < 1.29 is 62.3 Å². The third kappa shape index (κ3) is 12.8. The van der Waals surface area contributed by atoms with Crippen LogP contribution in [-0.2, 0) is 23.1 Å². The van der Waals surface area contributed by atoms with Gasteiger partial charge in [0, 0.05) is 0 Å². The summed E-state index contributed by atoms with van der Waals surface area (Å²) >= 11 is 0. The maximum atomic E-state index is 11.1. The van der Waals surface area contributed by atoms with Crippen LogP contribution in [0.15, 0.2) is 0 Å². The van der Waals surface area contributed by atoms with Crippen molar-refractivity contribution >= 4 is 14.0 Å². The number of ether oxygens (including phenoxy) is 2. The Balaban J connectivity index is 0. The Morgan fingerprint density at radius 2 is 1.78 bits per heavy atom. The van der Waals surface area contributed by atoms with Crippen LogP contribution in [0.3, 0.4) is 0 Å². The summed E-state index contributed by atoms with van der Waals surface area (Å²) in [5.74, 6) is 0.0488. The quantitative estimate of drug-likeness (QED) is 0.248. The molecule has 7 nitrogen and oxygen atoms in total. The molecule has 0 rings (SSSR count). The summed E-state index contributed by atoms with van der Waals surface area (Å²) in [6, 6.07) is 0. The second-order valence-electron chi connectivity index (χ2n) is 3.94. The molecule has 0 aliphatic carbocycles. The van der Waals surface area contributed by atoms with Gasteiger partial charge in [0.25, 0.3) is 7.82 Å². The van der Waals surface area contributed by atoms with Gasteiger partial charge in [0.2, 0.25) is 6.79 Å². The molecule has 1 atom stereocenters. The van der Waals surface area contributed by atoms with Gasteiger partial charge < -0.3 is 18.9 Å². The van der Waals surface area contributed by atoms with Crippen LogP contribution in [0, 0.1) is 5.92 Å². The summed E-state index contributed by atoms with van der Waals surface area (Å²) in [6.07, 6.45) is -1.34. The first kappa shape index (κ1) is 20.7. The summed E-state index contributed by atoms with van der Waals surface area (Å²) in [6.45, 7) is 6.09. The molecule has 0 heterocycles. The van der Waals surface area contributed by atoms with Crippen LogP contribution in [-0.4, -0.2) is 25.7 Å². The van der Waals surface area contributed by atoms with Crippen LogP contribution < -0.4 is 34.5 Å². The van der Waals surface area contributed by atoms with Gasteiger partial charge in [-0.3, -0.25) is 9.09 Å². The van der Waals surface area contributed by atoms with E-state index in [1.54, 1.807) is 27.7 Å². The van der Waals surface area contributed by atoms with Crippen LogP contribution in [0.5, 0.6) is 0 Å². The normalized spacial score (nSPS) is 13.9. The molecule has 102 valence electrons. The minimum Gasteiger partial charge on any atom is -0.756 e. The van der Waals surface area contributed by atoms with E-state index in [0.29, 0.717) is 0 Å². The van der Waals surface area contributed by atoms with Gasteiger partial charge in [-0.05, 0) is 19.8 Å². The summed E-state index contributed by atoms with van der Waals surface area (Å²) in [7, 11) is -4.42. The fourth-order valence-corrected chi connectivity index (χ4v) is 1.38. The van der Waals surface area contributed by atoms with E-state index in [0.717, 1.165) is 0 Å². The predicted octanol–water partition coefficient (Wildman–Crippen LogP) is -1.33. The minimum absolute atomic E-state index is 0. The van der Waals surface area contributed by atoms with E-state index in [2.05, 4.69) is 18.5 Å². The number of carbonyl (C=O) groups excluding carboxylic acids is 1. The Hall–Kier alpha value is 0.380. The third-order valence-electron chi connectivity index (χ3n) is 1.29. The van der Waals surface area contributed by atoms with Crippen molar-refractivity contribution in [3.8, 4) is 0 Å². The van der Waals surface area contributed by atoms with E-state index < -0.39 is 20.8 Å². The summed E-state index contributed by atoms with van der Waals surface area (Å²) in [5, 5.41) is 0. The number of hydrogen-bond donors (Lipinski definition) is 0. The van der Waals surface area contributed by atoms with E-state index in [1.165, 1.54) is 0 Å². The standard InChI is InChI=1S/C9H19O7P.Na/c1-7(2)5-14-17(11,12)15-6-13-9(10)16-8(3)4;/h7-8H,5-6H2,1-4H3,(H,11,12);/q;+1/p-1. The van der Waals surface area contributed by atoms with E-state index in [4.69, 9.17) is 0 Å². The molecule has 1 unspecified atom stereocenters. The van der Waals surface area contributed by atoms with Crippen LogP contribution >= 0.6 is 7.82 Å². The molecular formula is C9H18NaO7P. The fourth-order valence-electron chi connectivity index (χ4n) is 0.643. The number of phosphoric ester groups is 1. The first-order chi connectivity index (χ1) is 7.73. The molecule has 18 heavy (non-hydrogen) atoms. The van der Waals surface area contributed by atoms with Crippen LogP contribution in [0.1, 0.15) is 27.7 Å². The summed E-state index contributed by atoms with van der Waals surface area (Å²) in [5.41, 5.74) is 0. The Labute approximate surface area is 129 Å². The zero-order chi connectivity index (χ0) is 13.5. The monoisotopic (exact) mass is 292 g/mol. The van der Waals surface area contributed by atoms with Gasteiger partial charge in [-0.2, -0.15) is 0 Å². The average molecular weight is 292 g/mol. The molecule has 0 aromatic rings. The summed E-state index contributed by atoms with van der Waals surface area (Å²) < 4.78 is 28.8. The predicted molar refractivity (Wildman–Crippen MR) is 57.1 cm³/mol. The Morgan fingerprint density at radius 1 is 1.22 bits per heavy atom. The zero-order valence-electron chi connectivity index (χ0n) is 11.4. The van der Waals surface area contributed by atoms with Crippen molar-refractivity contribution in [2.75, 3.05) is 13.4 Å². The maximum Gasteiger partial charge on any atom is 1.00 e. The number of hydrogen-bond acceptors (Lipinski definition) is 7. The van der Waals surface area contributed by atoms with Crippen LogP contribution in [0.25, 0.3) is 0 Å². The molecule has 0 N–H and O–H groups in total. The molecule has 0 fully saturated rings. The van der Waals surface area contributed by atoms with Gasteiger partial charge in [-0.25, -0.2) is 4.79 Å². The van der Waals surface area contributed by atoms with E-state index in [1.807, 2.05) is 0 Å². The molecule has 0 bridgehead atoms. The van der Waals surface area contributed by atoms with Gasteiger partial charge in [0.1, 0.15) is 0 Å². The van der Waals surface area contributed by atoms with Crippen molar-refractivity contribution in [3.63, 3.8) is 0 Å². The molecule has 9 heteroatoms. The first-order valence-corrected chi connectivity index (χ1v) is 6.62.